The van der Waals surface area contributed by atoms with E-state index >= 15 is 0 Å². The van der Waals surface area contributed by atoms with Crippen molar-refractivity contribution in [1.29, 1.82) is 0 Å². The Hall–Kier alpha value is -2.98. The van der Waals surface area contributed by atoms with Crippen LogP contribution in [-0.4, -0.2) is 64.6 Å². The fraction of sp³-hybridized carbons (Fsp3) is 0.316. The Bertz CT molecular complexity index is 1310. The van der Waals surface area contributed by atoms with Crippen LogP contribution in [0.4, 0.5) is 5.82 Å². The van der Waals surface area contributed by atoms with Crippen molar-refractivity contribution in [3.63, 3.8) is 0 Å². The van der Waals surface area contributed by atoms with Crippen LogP contribution in [0.2, 0.25) is 0 Å². The minimum absolute atomic E-state index is 0.115. The second-order valence-corrected chi connectivity index (χ2v) is 9.06. The molecule has 0 aromatic carbocycles. The summed E-state index contributed by atoms with van der Waals surface area (Å²) in [5, 5.41) is 8.55. The lowest BCUT2D eigenvalue weighted by Crippen LogP contribution is -2.44. The molecule has 1 saturated heterocycles. The highest BCUT2D eigenvalue weighted by Crippen LogP contribution is 2.36. The largest absolute Gasteiger partial charge is 0.377 e. The van der Waals surface area contributed by atoms with Crippen LogP contribution in [0.5, 0.6) is 0 Å². The normalized spacial score (nSPS) is 18.0. The number of H-pyrrole nitrogens is 1. The van der Waals surface area contributed by atoms with E-state index in [1.165, 1.54) is 10.2 Å². The number of hydrogen-bond acceptors (Lipinski definition) is 7. The van der Waals surface area contributed by atoms with E-state index in [9.17, 15) is 8.42 Å². The van der Waals surface area contributed by atoms with Gasteiger partial charge < -0.3 is 9.64 Å². The minimum atomic E-state index is -3.50. The smallest absolute Gasteiger partial charge is 0.236 e. The van der Waals surface area contributed by atoms with Crippen molar-refractivity contribution in [2.45, 2.75) is 13.0 Å². The zero-order chi connectivity index (χ0) is 20.2. The van der Waals surface area contributed by atoms with Gasteiger partial charge in [-0.15, -0.1) is 0 Å². The number of aromatic amines is 1. The zero-order valence-electron chi connectivity index (χ0n) is 16.0. The van der Waals surface area contributed by atoms with Crippen LogP contribution in [0.3, 0.4) is 0 Å². The van der Waals surface area contributed by atoms with E-state index in [1.54, 1.807) is 24.7 Å². The quantitative estimate of drug-likeness (QED) is 0.549. The Labute approximate surface area is 167 Å². The summed E-state index contributed by atoms with van der Waals surface area (Å²) in [6, 6.07) is 5.55. The predicted molar refractivity (Wildman–Crippen MR) is 110 cm³/mol. The van der Waals surface area contributed by atoms with Crippen LogP contribution in [0.1, 0.15) is 6.92 Å². The lowest BCUT2D eigenvalue weighted by Gasteiger charge is -2.35. The summed E-state index contributed by atoms with van der Waals surface area (Å²) in [6.45, 7) is 3.93. The average Bonchev–Trinajstić information content (AvgIpc) is 3.37. The summed E-state index contributed by atoms with van der Waals surface area (Å²) in [7, 11) is -3.50. The van der Waals surface area contributed by atoms with Crippen LogP contribution >= 0.6 is 0 Å². The van der Waals surface area contributed by atoms with Crippen molar-refractivity contribution in [3.05, 3.63) is 36.8 Å². The molecule has 1 N–H and O–H groups in total. The molecule has 5 heterocycles. The Kier molecular flexibility index (Phi) is 4.07. The number of aromatic nitrogens is 5. The summed E-state index contributed by atoms with van der Waals surface area (Å²) in [5.74, 6) is 0.732. The molecule has 4 aromatic rings. The lowest BCUT2D eigenvalue weighted by atomic mass is 10.1. The number of morpholine rings is 1. The first-order valence-corrected chi connectivity index (χ1v) is 11.1. The maximum Gasteiger partial charge on any atom is 0.236 e. The summed E-state index contributed by atoms with van der Waals surface area (Å²) in [6.07, 6.45) is 6.17. The maximum absolute atomic E-state index is 12.5. The number of rotatable bonds is 3. The van der Waals surface area contributed by atoms with Crippen LogP contribution in [0.15, 0.2) is 36.8 Å². The van der Waals surface area contributed by atoms with E-state index in [4.69, 9.17) is 9.72 Å². The third-order valence-corrected chi connectivity index (χ3v) is 6.25. The van der Waals surface area contributed by atoms with Gasteiger partial charge in [-0.05, 0) is 25.1 Å². The molecule has 0 saturated carbocycles. The molecule has 150 valence electrons. The van der Waals surface area contributed by atoms with Crippen LogP contribution < -0.4 is 4.90 Å². The fourth-order valence-electron chi connectivity index (χ4n) is 3.90. The molecule has 10 heteroatoms. The molecule has 0 amide bonds. The standard InChI is InChI=1S/C19H20N6O3S/c1-12-11-28-10-9-24(12)19-14-5-8-25(29(2,26)27)18(14)13-3-6-20-17(16(13)22-19)15-4-7-21-23-15/h3-8,12H,9-11H2,1-2H3,(H,21,23). The van der Waals surface area contributed by atoms with E-state index in [1.807, 2.05) is 12.1 Å². The number of anilines is 1. The molecule has 0 radical (unpaired) electrons. The third kappa shape index (κ3) is 2.87. The second-order valence-electron chi connectivity index (χ2n) is 7.20. The highest BCUT2D eigenvalue weighted by atomic mass is 32.2. The number of ether oxygens (including phenoxy) is 1. The van der Waals surface area contributed by atoms with Gasteiger partial charge in [0.1, 0.15) is 22.7 Å². The molecule has 1 unspecified atom stereocenters. The van der Waals surface area contributed by atoms with Crippen molar-refractivity contribution in [3.8, 4) is 11.4 Å². The lowest BCUT2D eigenvalue weighted by molar-refractivity contribution is 0.0987. The van der Waals surface area contributed by atoms with E-state index in [0.717, 1.165) is 11.2 Å². The molecule has 5 rings (SSSR count). The second kappa shape index (κ2) is 6.53. The summed E-state index contributed by atoms with van der Waals surface area (Å²) < 4.78 is 31.9. The highest BCUT2D eigenvalue weighted by molar-refractivity contribution is 7.89. The summed E-state index contributed by atoms with van der Waals surface area (Å²) >= 11 is 0. The number of pyridine rings is 2. The Balaban J connectivity index is 1.91. The summed E-state index contributed by atoms with van der Waals surface area (Å²) in [4.78, 5) is 11.6. The van der Waals surface area contributed by atoms with E-state index in [-0.39, 0.29) is 6.04 Å². The average molecular weight is 412 g/mol. The zero-order valence-corrected chi connectivity index (χ0v) is 16.8. The van der Waals surface area contributed by atoms with Crippen molar-refractivity contribution < 1.29 is 13.2 Å². The van der Waals surface area contributed by atoms with Gasteiger partial charge in [-0.1, -0.05) is 0 Å². The highest BCUT2D eigenvalue weighted by Gasteiger charge is 2.26. The number of hydrogen-bond donors (Lipinski definition) is 1. The molecule has 1 atom stereocenters. The van der Waals surface area contributed by atoms with Crippen LogP contribution in [0.25, 0.3) is 33.2 Å². The molecule has 0 spiro atoms. The molecular weight excluding hydrogens is 392 g/mol. The predicted octanol–water partition coefficient (Wildman–Crippen LogP) is 2.01. The van der Waals surface area contributed by atoms with Gasteiger partial charge in [0.2, 0.25) is 10.0 Å². The maximum atomic E-state index is 12.5. The molecule has 1 fully saturated rings. The van der Waals surface area contributed by atoms with E-state index < -0.39 is 10.0 Å². The van der Waals surface area contributed by atoms with E-state index in [0.29, 0.717) is 47.6 Å². The third-order valence-electron chi connectivity index (χ3n) is 5.23. The Morgan fingerprint density at radius 1 is 1.24 bits per heavy atom. The SMILES string of the molecule is CC1COCCN1c1nc2c(-c3cc[nH]n3)nccc2c2c1ccn2S(C)(=O)=O. The van der Waals surface area contributed by atoms with E-state index in [2.05, 4.69) is 27.0 Å². The van der Waals surface area contributed by atoms with Gasteiger partial charge in [-0.25, -0.2) is 17.4 Å². The fourth-order valence-corrected chi connectivity index (χ4v) is 4.71. The molecular formula is C19H20N6O3S. The van der Waals surface area contributed by atoms with Gasteiger partial charge in [-0.2, -0.15) is 5.10 Å². The first kappa shape index (κ1) is 18.1. The van der Waals surface area contributed by atoms with Crippen LogP contribution in [-0.2, 0) is 14.8 Å². The monoisotopic (exact) mass is 412 g/mol. The number of nitrogens with one attached hydrogen (secondary N) is 1. The van der Waals surface area contributed by atoms with Gasteiger partial charge in [0.25, 0.3) is 0 Å². The first-order valence-electron chi connectivity index (χ1n) is 9.30. The van der Waals surface area contributed by atoms with Crippen molar-refractivity contribution in [1.82, 2.24) is 24.1 Å². The molecule has 9 nitrogen and oxygen atoms in total. The number of nitrogens with zero attached hydrogens (tertiary/aromatic N) is 5. The molecule has 4 aromatic heterocycles. The van der Waals surface area contributed by atoms with Gasteiger partial charge in [0.15, 0.2) is 0 Å². The van der Waals surface area contributed by atoms with Crippen LogP contribution in [0, 0.1) is 0 Å². The van der Waals surface area contributed by atoms with Gasteiger partial charge in [0, 0.05) is 35.9 Å². The van der Waals surface area contributed by atoms with Crippen molar-refractivity contribution >= 4 is 37.6 Å². The van der Waals surface area contributed by atoms with Gasteiger partial charge >= 0.3 is 0 Å². The molecule has 29 heavy (non-hydrogen) atoms. The Morgan fingerprint density at radius 3 is 2.83 bits per heavy atom. The van der Waals surface area contributed by atoms with Gasteiger partial charge in [0.05, 0.1) is 31.0 Å². The molecule has 0 aliphatic carbocycles. The molecule has 0 bridgehead atoms. The summed E-state index contributed by atoms with van der Waals surface area (Å²) in [5.41, 5.74) is 2.48. The van der Waals surface area contributed by atoms with Crippen molar-refractivity contribution in [2.75, 3.05) is 30.9 Å². The number of fused-ring (bicyclic) bond motifs is 3. The topological polar surface area (TPSA) is 106 Å². The molecule has 1 aliphatic rings. The molecule has 1 aliphatic heterocycles. The van der Waals surface area contributed by atoms with Crippen molar-refractivity contribution in [2.24, 2.45) is 0 Å². The van der Waals surface area contributed by atoms with Gasteiger partial charge in [-0.3, -0.25) is 10.1 Å². The minimum Gasteiger partial charge on any atom is -0.377 e. The first-order chi connectivity index (χ1) is 13.9. The Morgan fingerprint density at radius 2 is 2.10 bits per heavy atom.